The average molecular weight is 469 g/mol. The van der Waals surface area contributed by atoms with Crippen LogP contribution < -0.4 is 16.6 Å². The Morgan fingerprint density at radius 3 is 2.45 bits per heavy atom. The van der Waals surface area contributed by atoms with Gasteiger partial charge in [0, 0.05) is 25.7 Å². The maximum atomic E-state index is 13.8. The highest BCUT2D eigenvalue weighted by atomic mass is 32.2. The molecule has 0 saturated heterocycles. The van der Waals surface area contributed by atoms with Crippen LogP contribution in [0.1, 0.15) is 0 Å². The molecule has 4 rings (SSSR count). The maximum Gasteiger partial charge on any atom is 0.332 e. The molecule has 2 aromatic carbocycles. The third-order valence-electron chi connectivity index (χ3n) is 4.84. The van der Waals surface area contributed by atoms with Crippen molar-refractivity contribution in [2.24, 2.45) is 14.1 Å². The molecule has 8 nitrogen and oxygen atoms in total. The number of carbonyl (C=O) groups excluding carboxylic acids is 1. The molecule has 33 heavy (non-hydrogen) atoms. The normalized spacial score (nSPS) is 11.0. The first kappa shape index (κ1) is 22.3. The van der Waals surface area contributed by atoms with Gasteiger partial charge in [0.1, 0.15) is 22.0 Å². The number of hydrogen-bond acceptors (Lipinski definition) is 6. The van der Waals surface area contributed by atoms with E-state index in [1.165, 1.54) is 18.7 Å². The first-order chi connectivity index (χ1) is 15.8. The molecule has 0 aliphatic carbocycles. The summed E-state index contributed by atoms with van der Waals surface area (Å²) in [5, 5.41) is 2.65. The molecule has 2 heterocycles. The Morgan fingerprint density at radius 2 is 1.76 bits per heavy atom. The molecule has 1 amide bonds. The topological polar surface area (TPSA) is 98.9 Å². The highest BCUT2D eigenvalue weighted by Gasteiger charge is 2.19. The summed E-state index contributed by atoms with van der Waals surface area (Å²) in [6.07, 6.45) is 0. The summed E-state index contributed by atoms with van der Waals surface area (Å²) in [7, 11) is 2.83. The van der Waals surface area contributed by atoms with Crippen LogP contribution in [0.4, 0.5) is 14.5 Å². The van der Waals surface area contributed by atoms with Crippen LogP contribution >= 0.6 is 11.8 Å². The SMILES string of the molecule is Cn1c(=O)c2c(SCC(=O)Nc3ccc(F)cc3F)nc(-c3ccccc3)nc2n(C)c1=O. The second kappa shape index (κ2) is 8.94. The number of aromatic nitrogens is 4. The van der Waals surface area contributed by atoms with E-state index in [-0.39, 0.29) is 33.3 Å². The molecule has 0 fully saturated rings. The van der Waals surface area contributed by atoms with E-state index in [0.717, 1.165) is 28.5 Å². The van der Waals surface area contributed by atoms with Gasteiger partial charge in [-0.25, -0.2) is 23.5 Å². The minimum Gasteiger partial charge on any atom is -0.323 e. The summed E-state index contributed by atoms with van der Waals surface area (Å²) in [5.74, 6) is -2.19. The molecule has 0 atom stereocenters. The van der Waals surface area contributed by atoms with E-state index in [0.29, 0.717) is 11.6 Å². The van der Waals surface area contributed by atoms with Crippen LogP contribution in [0, 0.1) is 11.6 Å². The molecule has 168 valence electrons. The Morgan fingerprint density at radius 1 is 1.03 bits per heavy atom. The number of carbonyl (C=O) groups is 1. The molecular formula is C22H17F2N5O3S. The molecule has 0 saturated carbocycles. The fraction of sp³-hybridized carbons (Fsp3) is 0.136. The summed E-state index contributed by atoms with van der Waals surface area (Å²) in [5.41, 5.74) is -0.527. The Balaban J connectivity index is 1.74. The molecule has 4 aromatic rings. The zero-order chi connectivity index (χ0) is 23.7. The number of amides is 1. The lowest BCUT2D eigenvalue weighted by molar-refractivity contribution is -0.113. The van der Waals surface area contributed by atoms with Gasteiger partial charge in [-0.1, -0.05) is 42.1 Å². The fourth-order valence-corrected chi connectivity index (χ4v) is 3.97. The molecule has 0 aliphatic rings. The summed E-state index contributed by atoms with van der Waals surface area (Å²) >= 11 is 0.944. The summed E-state index contributed by atoms with van der Waals surface area (Å²) < 4.78 is 29.1. The summed E-state index contributed by atoms with van der Waals surface area (Å²) in [6.45, 7) is 0. The molecule has 0 radical (unpaired) electrons. The van der Waals surface area contributed by atoms with Crippen molar-refractivity contribution in [3.8, 4) is 11.4 Å². The van der Waals surface area contributed by atoms with Crippen LogP contribution in [0.5, 0.6) is 0 Å². The lowest BCUT2D eigenvalue weighted by Gasteiger charge is -2.12. The van der Waals surface area contributed by atoms with E-state index < -0.39 is 28.8 Å². The Hall–Kier alpha value is -3.86. The predicted molar refractivity (Wildman–Crippen MR) is 121 cm³/mol. The zero-order valence-corrected chi connectivity index (χ0v) is 18.3. The van der Waals surface area contributed by atoms with Gasteiger partial charge >= 0.3 is 5.69 Å². The maximum absolute atomic E-state index is 13.8. The van der Waals surface area contributed by atoms with Crippen molar-refractivity contribution in [3.63, 3.8) is 0 Å². The van der Waals surface area contributed by atoms with E-state index in [4.69, 9.17) is 0 Å². The van der Waals surface area contributed by atoms with Crippen LogP contribution in [0.3, 0.4) is 0 Å². The Bertz CT molecular complexity index is 1500. The fourth-order valence-electron chi connectivity index (χ4n) is 3.16. The number of nitrogens with zero attached hydrogens (tertiary/aromatic N) is 4. The van der Waals surface area contributed by atoms with E-state index in [1.807, 2.05) is 6.07 Å². The number of rotatable bonds is 5. The third-order valence-corrected chi connectivity index (χ3v) is 5.82. The minimum absolute atomic E-state index is 0.0880. The largest absolute Gasteiger partial charge is 0.332 e. The van der Waals surface area contributed by atoms with Crippen LogP contribution in [-0.4, -0.2) is 30.8 Å². The zero-order valence-electron chi connectivity index (χ0n) is 17.5. The van der Waals surface area contributed by atoms with Crippen LogP contribution in [0.2, 0.25) is 0 Å². The third kappa shape index (κ3) is 4.40. The quantitative estimate of drug-likeness (QED) is 0.357. The lowest BCUT2D eigenvalue weighted by Crippen LogP contribution is -2.37. The summed E-state index contributed by atoms with van der Waals surface area (Å²) in [4.78, 5) is 46.6. The van der Waals surface area contributed by atoms with Crippen molar-refractivity contribution in [2.45, 2.75) is 5.03 Å². The smallest absolute Gasteiger partial charge is 0.323 e. The number of hydrogen-bond donors (Lipinski definition) is 1. The number of halogens is 2. The number of fused-ring (bicyclic) bond motifs is 1. The van der Waals surface area contributed by atoms with Gasteiger partial charge in [0.2, 0.25) is 5.91 Å². The highest BCUT2D eigenvalue weighted by molar-refractivity contribution is 8.00. The monoisotopic (exact) mass is 469 g/mol. The molecule has 11 heteroatoms. The van der Waals surface area contributed by atoms with Gasteiger partial charge in [0.25, 0.3) is 5.56 Å². The van der Waals surface area contributed by atoms with Gasteiger partial charge in [-0.3, -0.25) is 18.7 Å². The number of benzene rings is 2. The van der Waals surface area contributed by atoms with Crippen LogP contribution in [0.25, 0.3) is 22.4 Å². The molecule has 0 bridgehead atoms. The van der Waals surface area contributed by atoms with Crippen molar-refractivity contribution in [2.75, 3.05) is 11.1 Å². The minimum atomic E-state index is -0.906. The van der Waals surface area contributed by atoms with Crippen molar-refractivity contribution < 1.29 is 13.6 Å². The predicted octanol–water partition coefficient (Wildman–Crippen LogP) is 2.70. The number of nitrogens with one attached hydrogen (secondary N) is 1. The van der Waals surface area contributed by atoms with Gasteiger partial charge in [-0.2, -0.15) is 0 Å². The van der Waals surface area contributed by atoms with E-state index >= 15 is 0 Å². The van der Waals surface area contributed by atoms with E-state index in [2.05, 4.69) is 15.3 Å². The van der Waals surface area contributed by atoms with Gasteiger partial charge in [-0.15, -0.1) is 0 Å². The van der Waals surface area contributed by atoms with Gasteiger partial charge in [0.15, 0.2) is 11.5 Å². The lowest BCUT2D eigenvalue weighted by atomic mass is 10.2. The number of anilines is 1. The molecule has 0 spiro atoms. The molecular weight excluding hydrogens is 452 g/mol. The Kier molecular flexibility index (Phi) is 6.05. The van der Waals surface area contributed by atoms with E-state index in [1.54, 1.807) is 24.3 Å². The second-order valence-corrected chi connectivity index (χ2v) is 8.05. The van der Waals surface area contributed by atoms with Crippen LogP contribution in [-0.2, 0) is 18.9 Å². The van der Waals surface area contributed by atoms with Gasteiger partial charge in [-0.05, 0) is 12.1 Å². The molecule has 1 N–H and O–H groups in total. The first-order valence-electron chi connectivity index (χ1n) is 9.67. The first-order valence-corrected chi connectivity index (χ1v) is 10.7. The van der Waals surface area contributed by atoms with Crippen molar-refractivity contribution in [1.82, 2.24) is 19.1 Å². The molecule has 0 unspecified atom stereocenters. The number of aryl methyl sites for hydroxylation is 1. The summed E-state index contributed by atoms with van der Waals surface area (Å²) in [6, 6.07) is 11.8. The van der Waals surface area contributed by atoms with Crippen molar-refractivity contribution in [1.29, 1.82) is 0 Å². The standard InChI is InChI=1S/C22H17F2N5O3S/c1-28-19-17(21(31)29(2)22(28)32)20(27-18(26-19)12-6-4-3-5-7-12)33-11-16(30)25-15-9-8-13(23)10-14(15)24/h3-10H,11H2,1-2H3,(H,25,30). The number of thioether (sulfide) groups is 1. The van der Waals surface area contributed by atoms with Crippen molar-refractivity contribution in [3.05, 3.63) is 81.0 Å². The second-order valence-electron chi connectivity index (χ2n) is 7.08. The Labute approximate surface area is 189 Å². The van der Waals surface area contributed by atoms with Crippen LogP contribution in [0.15, 0.2) is 63.1 Å². The highest BCUT2D eigenvalue weighted by Crippen LogP contribution is 2.26. The van der Waals surface area contributed by atoms with Gasteiger partial charge < -0.3 is 5.32 Å². The van der Waals surface area contributed by atoms with Crippen molar-refractivity contribution >= 4 is 34.4 Å². The molecule has 0 aliphatic heterocycles. The molecule has 2 aromatic heterocycles. The van der Waals surface area contributed by atoms with E-state index in [9.17, 15) is 23.2 Å². The average Bonchev–Trinajstić information content (AvgIpc) is 2.81. The van der Waals surface area contributed by atoms with Gasteiger partial charge in [0.05, 0.1) is 11.4 Å².